The Bertz CT molecular complexity index is 222. The van der Waals surface area contributed by atoms with E-state index in [-0.39, 0.29) is 11.6 Å². The molecule has 0 saturated heterocycles. The molecule has 1 rings (SSSR count). The molecule has 1 aliphatic rings. The van der Waals surface area contributed by atoms with Gasteiger partial charge < -0.3 is 4.74 Å². The lowest BCUT2D eigenvalue weighted by Gasteiger charge is -2.21. The molecule has 1 fully saturated rings. The highest BCUT2D eigenvalue weighted by atomic mass is 16.6. The fourth-order valence-corrected chi connectivity index (χ4v) is 2.57. The zero-order valence-electron chi connectivity index (χ0n) is 11.8. The van der Waals surface area contributed by atoms with Gasteiger partial charge in [0.25, 0.3) is 0 Å². The van der Waals surface area contributed by atoms with E-state index in [0.29, 0.717) is 6.42 Å². The molecule has 0 atom stereocenters. The Labute approximate surface area is 106 Å². The zero-order valence-corrected chi connectivity index (χ0v) is 11.8. The van der Waals surface area contributed by atoms with Crippen molar-refractivity contribution >= 4 is 5.97 Å². The van der Waals surface area contributed by atoms with E-state index in [4.69, 9.17) is 4.74 Å². The fraction of sp³-hybridized carbons (Fsp3) is 0.933. The van der Waals surface area contributed by atoms with Crippen LogP contribution in [0.2, 0.25) is 0 Å². The Kier molecular flexibility index (Phi) is 6.01. The van der Waals surface area contributed by atoms with Crippen LogP contribution in [0, 0.1) is 5.92 Å². The lowest BCUT2D eigenvalue weighted by molar-refractivity contribution is -0.154. The topological polar surface area (TPSA) is 26.3 Å². The van der Waals surface area contributed by atoms with Gasteiger partial charge in [-0.25, -0.2) is 0 Å². The van der Waals surface area contributed by atoms with Crippen LogP contribution in [-0.4, -0.2) is 11.6 Å². The molecule has 0 N–H and O–H groups in total. The first-order valence-corrected chi connectivity index (χ1v) is 7.19. The van der Waals surface area contributed by atoms with E-state index in [1.54, 1.807) is 0 Å². The molecule has 2 heteroatoms. The van der Waals surface area contributed by atoms with Gasteiger partial charge in [0.05, 0.1) is 0 Å². The van der Waals surface area contributed by atoms with Gasteiger partial charge in [0.2, 0.25) is 0 Å². The van der Waals surface area contributed by atoms with Crippen molar-refractivity contribution in [3.8, 4) is 0 Å². The van der Waals surface area contributed by atoms with Crippen LogP contribution in [0.1, 0.15) is 78.6 Å². The summed E-state index contributed by atoms with van der Waals surface area (Å²) >= 11 is 0. The molecule has 0 aromatic rings. The van der Waals surface area contributed by atoms with Crippen molar-refractivity contribution in [1.29, 1.82) is 0 Å². The maximum Gasteiger partial charge on any atom is 0.306 e. The number of ether oxygens (including phenoxy) is 1. The van der Waals surface area contributed by atoms with Gasteiger partial charge in [-0.05, 0) is 33.1 Å². The minimum absolute atomic E-state index is 0.0406. The SMILES string of the molecule is CC(C)(C)OC(=O)CCCCC1CCCCC1. The molecule has 0 unspecified atom stereocenters. The molecule has 2 nitrogen and oxygen atoms in total. The Morgan fingerprint density at radius 2 is 1.76 bits per heavy atom. The first-order valence-electron chi connectivity index (χ1n) is 7.19. The lowest BCUT2D eigenvalue weighted by atomic mass is 9.85. The second-order valence-corrected chi connectivity index (χ2v) is 6.34. The van der Waals surface area contributed by atoms with Crippen molar-refractivity contribution in [1.82, 2.24) is 0 Å². The molecule has 0 aromatic heterocycles. The van der Waals surface area contributed by atoms with E-state index in [1.807, 2.05) is 20.8 Å². The van der Waals surface area contributed by atoms with E-state index >= 15 is 0 Å². The van der Waals surface area contributed by atoms with Gasteiger partial charge in [0, 0.05) is 6.42 Å². The van der Waals surface area contributed by atoms with Gasteiger partial charge in [-0.15, -0.1) is 0 Å². The van der Waals surface area contributed by atoms with E-state index in [2.05, 4.69) is 0 Å². The molecule has 1 aliphatic carbocycles. The largest absolute Gasteiger partial charge is 0.460 e. The predicted octanol–water partition coefficient (Wildman–Crippen LogP) is 4.47. The molecule has 0 amide bonds. The van der Waals surface area contributed by atoms with Crippen LogP contribution in [0.25, 0.3) is 0 Å². The molecule has 17 heavy (non-hydrogen) atoms. The highest BCUT2D eigenvalue weighted by Gasteiger charge is 2.16. The Balaban J connectivity index is 2.01. The van der Waals surface area contributed by atoms with Crippen LogP contribution >= 0.6 is 0 Å². The number of carbonyl (C=O) groups excluding carboxylic acids is 1. The first-order chi connectivity index (χ1) is 7.97. The summed E-state index contributed by atoms with van der Waals surface area (Å²) in [5.41, 5.74) is -0.333. The highest BCUT2D eigenvalue weighted by Crippen LogP contribution is 2.27. The third kappa shape index (κ3) is 7.40. The summed E-state index contributed by atoms with van der Waals surface area (Å²) in [6.07, 6.45) is 11.1. The van der Waals surface area contributed by atoms with Crippen LogP contribution in [0.3, 0.4) is 0 Å². The standard InChI is InChI=1S/C15H28O2/c1-15(2,3)17-14(16)12-8-7-11-13-9-5-4-6-10-13/h13H,4-12H2,1-3H3. The molecule has 0 aromatic carbocycles. The number of rotatable bonds is 5. The summed E-state index contributed by atoms with van der Waals surface area (Å²) in [4.78, 5) is 11.5. The normalized spacial score (nSPS) is 18.1. The van der Waals surface area contributed by atoms with E-state index in [1.165, 1.54) is 44.9 Å². The van der Waals surface area contributed by atoms with Gasteiger partial charge in [0.1, 0.15) is 5.60 Å². The van der Waals surface area contributed by atoms with Gasteiger partial charge in [0.15, 0.2) is 0 Å². The van der Waals surface area contributed by atoms with Crippen molar-refractivity contribution in [2.24, 2.45) is 5.92 Å². The molecule has 0 radical (unpaired) electrons. The van der Waals surface area contributed by atoms with Crippen molar-refractivity contribution in [2.45, 2.75) is 84.2 Å². The average Bonchev–Trinajstić information content (AvgIpc) is 2.23. The molecule has 1 saturated carbocycles. The quantitative estimate of drug-likeness (QED) is 0.523. The van der Waals surface area contributed by atoms with E-state index in [9.17, 15) is 4.79 Å². The molecule has 0 bridgehead atoms. The maximum absolute atomic E-state index is 11.5. The summed E-state index contributed by atoms with van der Waals surface area (Å²) in [5, 5.41) is 0. The monoisotopic (exact) mass is 240 g/mol. The predicted molar refractivity (Wildman–Crippen MR) is 70.9 cm³/mol. The Morgan fingerprint density at radius 3 is 2.35 bits per heavy atom. The van der Waals surface area contributed by atoms with Crippen LogP contribution in [0.4, 0.5) is 0 Å². The molecule has 0 spiro atoms. The molecular weight excluding hydrogens is 212 g/mol. The van der Waals surface area contributed by atoms with Gasteiger partial charge >= 0.3 is 5.97 Å². The third-order valence-electron chi connectivity index (χ3n) is 3.39. The summed E-state index contributed by atoms with van der Waals surface area (Å²) < 4.78 is 5.29. The van der Waals surface area contributed by atoms with Crippen LogP contribution in [-0.2, 0) is 9.53 Å². The summed E-state index contributed by atoms with van der Waals surface area (Å²) in [6, 6.07) is 0. The highest BCUT2D eigenvalue weighted by molar-refractivity contribution is 5.69. The van der Waals surface area contributed by atoms with Crippen LogP contribution < -0.4 is 0 Å². The van der Waals surface area contributed by atoms with Crippen molar-refractivity contribution in [3.05, 3.63) is 0 Å². The summed E-state index contributed by atoms with van der Waals surface area (Å²) in [5.74, 6) is 0.892. The number of hydrogen-bond acceptors (Lipinski definition) is 2. The van der Waals surface area contributed by atoms with E-state index < -0.39 is 0 Å². The third-order valence-corrected chi connectivity index (χ3v) is 3.39. The molecule has 100 valence electrons. The number of esters is 1. The maximum atomic E-state index is 11.5. The van der Waals surface area contributed by atoms with Crippen molar-refractivity contribution in [2.75, 3.05) is 0 Å². The smallest absolute Gasteiger partial charge is 0.306 e. The lowest BCUT2D eigenvalue weighted by Crippen LogP contribution is -2.23. The van der Waals surface area contributed by atoms with Crippen LogP contribution in [0.5, 0.6) is 0 Å². The first kappa shape index (κ1) is 14.5. The van der Waals surface area contributed by atoms with Crippen LogP contribution in [0.15, 0.2) is 0 Å². The van der Waals surface area contributed by atoms with Gasteiger partial charge in [-0.2, -0.15) is 0 Å². The van der Waals surface area contributed by atoms with Crippen molar-refractivity contribution < 1.29 is 9.53 Å². The molecule has 0 aliphatic heterocycles. The minimum Gasteiger partial charge on any atom is -0.460 e. The molecular formula is C15H28O2. The second-order valence-electron chi connectivity index (χ2n) is 6.34. The minimum atomic E-state index is -0.333. The molecule has 0 heterocycles. The van der Waals surface area contributed by atoms with Gasteiger partial charge in [-0.3, -0.25) is 4.79 Å². The number of unbranched alkanes of at least 4 members (excludes halogenated alkanes) is 1. The summed E-state index contributed by atoms with van der Waals surface area (Å²) in [6.45, 7) is 5.77. The van der Waals surface area contributed by atoms with E-state index in [0.717, 1.165) is 12.3 Å². The zero-order chi connectivity index (χ0) is 12.7. The summed E-state index contributed by atoms with van der Waals surface area (Å²) in [7, 11) is 0. The second kappa shape index (κ2) is 7.03. The number of carbonyl (C=O) groups is 1. The Morgan fingerprint density at radius 1 is 1.12 bits per heavy atom. The van der Waals surface area contributed by atoms with Crippen molar-refractivity contribution in [3.63, 3.8) is 0 Å². The van der Waals surface area contributed by atoms with Gasteiger partial charge in [-0.1, -0.05) is 44.9 Å². The Hall–Kier alpha value is -0.530. The fourth-order valence-electron chi connectivity index (χ4n) is 2.57. The average molecular weight is 240 g/mol. The number of hydrogen-bond donors (Lipinski definition) is 0.